The summed E-state index contributed by atoms with van der Waals surface area (Å²) in [5, 5.41) is 3.16. The molecule has 0 spiro atoms. The van der Waals surface area contributed by atoms with Crippen molar-refractivity contribution in [3.63, 3.8) is 0 Å². The second-order valence-electron chi connectivity index (χ2n) is 3.96. The average Bonchev–Trinajstić information content (AvgIpc) is 2.83. The second-order valence-corrected chi connectivity index (χ2v) is 3.96. The highest BCUT2D eigenvalue weighted by atomic mass is 127. The number of hydrogen-bond donors (Lipinski definition) is 2. The molecule has 1 saturated carbocycles. The Hall–Kier alpha value is -0.0400. The summed E-state index contributed by atoms with van der Waals surface area (Å²) in [6.07, 6.45) is 2.47. The predicted octanol–water partition coefficient (Wildman–Crippen LogP) is 0.621. The van der Waals surface area contributed by atoms with Crippen LogP contribution in [0.25, 0.3) is 0 Å². The number of nitrogens with zero attached hydrogens (tertiary/aromatic N) is 2. The van der Waals surface area contributed by atoms with Gasteiger partial charge in [0.2, 0.25) is 0 Å². The molecule has 1 aliphatic carbocycles. The fourth-order valence-electron chi connectivity index (χ4n) is 0.876. The van der Waals surface area contributed by atoms with Gasteiger partial charge in [-0.1, -0.05) is 0 Å². The van der Waals surface area contributed by atoms with E-state index < -0.39 is 0 Å². The second kappa shape index (κ2) is 6.44. The zero-order valence-corrected chi connectivity index (χ0v) is 11.5. The van der Waals surface area contributed by atoms with E-state index in [9.17, 15) is 0 Å². The molecule has 14 heavy (non-hydrogen) atoms. The number of guanidine groups is 1. The molecule has 0 bridgehead atoms. The maximum atomic E-state index is 5.68. The van der Waals surface area contributed by atoms with Crippen LogP contribution in [0.1, 0.15) is 19.8 Å². The molecule has 0 aromatic heterocycles. The number of nitrogens with two attached hydrogens (primary N) is 1. The minimum absolute atomic E-state index is 0. The molecule has 0 amide bonds. The van der Waals surface area contributed by atoms with Crippen LogP contribution in [0.3, 0.4) is 0 Å². The first kappa shape index (κ1) is 14.0. The Balaban J connectivity index is 0.00000169. The Morgan fingerprint density at radius 2 is 2.14 bits per heavy atom. The highest BCUT2D eigenvalue weighted by molar-refractivity contribution is 14.0. The molecule has 0 aromatic carbocycles. The summed E-state index contributed by atoms with van der Waals surface area (Å²) >= 11 is 0. The number of aliphatic imine (C=N–C) groups is 1. The van der Waals surface area contributed by atoms with Gasteiger partial charge in [-0.15, -0.1) is 24.0 Å². The Morgan fingerprint density at radius 1 is 1.57 bits per heavy atom. The lowest BCUT2D eigenvalue weighted by Gasteiger charge is -2.17. The number of halogens is 1. The molecule has 3 N–H and O–H groups in total. The van der Waals surface area contributed by atoms with Gasteiger partial charge in [0.15, 0.2) is 5.96 Å². The SMILES string of the molecule is CC(CN=C(N)NC1CC1)N(C)C.I. The number of hydrogen-bond acceptors (Lipinski definition) is 2. The van der Waals surface area contributed by atoms with Crippen molar-refractivity contribution in [3.8, 4) is 0 Å². The smallest absolute Gasteiger partial charge is 0.188 e. The van der Waals surface area contributed by atoms with E-state index in [-0.39, 0.29) is 24.0 Å². The van der Waals surface area contributed by atoms with Crippen LogP contribution in [0, 0.1) is 0 Å². The predicted molar refractivity (Wildman–Crippen MR) is 71.2 cm³/mol. The summed E-state index contributed by atoms with van der Waals surface area (Å²) < 4.78 is 0. The molecule has 0 radical (unpaired) electrons. The van der Waals surface area contributed by atoms with Crippen molar-refractivity contribution in [2.75, 3.05) is 20.6 Å². The van der Waals surface area contributed by atoms with E-state index in [4.69, 9.17) is 5.73 Å². The summed E-state index contributed by atoms with van der Waals surface area (Å²) in [4.78, 5) is 6.40. The van der Waals surface area contributed by atoms with E-state index in [1.165, 1.54) is 12.8 Å². The van der Waals surface area contributed by atoms with Crippen LogP contribution in [0.5, 0.6) is 0 Å². The molecule has 4 nitrogen and oxygen atoms in total. The lowest BCUT2D eigenvalue weighted by Crippen LogP contribution is -2.35. The lowest BCUT2D eigenvalue weighted by molar-refractivity contribution is 0.321. The maximum Gasteiger partial charge on any atom is 0.188 e. The Morgan fingerprint density at radius 3 is 2.57 bits per heavy atom. The van der Waals surface area contributed by atoms with Gasteiger partial charge in [-0.3, -0.25) is 4.99 Å². The molecular formula is C9H21IN4. The van der Waals surface area contributed by atoms with Crippen LogP contribution in [0.15, 0.2) is 4.99 Å². The van der Waals surface area contributed by atoms with E-state index in [0.717, 1.165) is 6.54 Å². The molecular weight excluding hydrogens is 291 g/mol. The number of nitrogens with one attached hydrogen (secondary N) is 1. The van der Waals surface area contributed by atoms with Gasteiger partial charge in [-0.2, -0.15) is 0 Å². The van der Waals surface area contributed by atoms with Crippen molar-refractivity contribution < 1.29 is 0 Å². The minimum Gasteiger partial charge on any atom is -0.370 e. The molecule has 84 valence electrons. The van der Waals surface area contributed by atoms with Crippen molar-refractivity contribution in [1.82, 2.24) is 10.2 Å². The molecule has 1 fully saturated rings. The van der Waals surface area contributed by atoms with Crippen molar-refractivity contribution >= 4 is 29.9 Å². The minimum atomic E-state index is 0. The van der Waals surface area contributed by atoms with Gasteiger partial charge in [-0.25, -0.2) is 0 Å². The van der Waals surface area contributed by atoms with Gasteiger partial charge in [0, 0.05) is 12.1 Å². The van der Waals surface area contributed by atoms with E-state index in [1.54, 1.807) is 0 Å². The van der Waals surface area contributed by atoms with Crippen molar-refractivity contribution in [1.29, 1.82) is 0 Å². The van der Waals surface area contributed by atoms with Crippen molar-refractivity contribution in [2.24, 2.45) is 10.7 Å². The average molecular weight is 312 g/mol. The third-order valence-corrected chi connectivity index (χ3v) is 2.34. The van der Waals surface area contributed by atoms with Gasteiger partial charge in [-0.05, 0) is 33.9 Å². The molecule has 0 aliphatic heterocycles. The summed E-state index contributed by atoms with van der Waals surface area (Å²) in [6, 6.07) is 1.04. The first-order valence-corrected chi connectivity index (χ1v) is 4.82. The first-order chi connectivity index (χ1) is 6.09. The zero-order valence-electron chi connectivity index (χ0n) is 9.16. The van der Waals surface area contributed by atoms with Gasteiger partial charge in [0.1, 0.15) is 0 Å². The van der Waals surface area contributed by atoms with E-state index in [1.807, 2.05) is 14.1 Å². The standard InChI is InChI=1S/C9H20N4.HI/c1-7(13(2)3)6-11-9(10)12-8-4-5-8;/h7-8H,4-6H2,1-3H3,(H3,10,11,12);1H. The van der Waals surface area contributed by atoms with Crippen LogP contribution in [-0.2, 0) is 0 Å². The quantitative estimate of drug-likeness (QED) is 0.455. The van der Waals surface area contributed by atoms with Crippen LogP contribution in [-0.4, -0.2) is 43.6 Å². The van der Waals surface area contributed by atoms with Gasteiger partial charge in [0.25, 0.3) is 0 Å². The Kier molecular flexibility index (Phi) is 6.43. The largest absolute Gasteiger partial charge is 0.370 e. The molecule has 1 aliphatic rings. The zero-order chi connectivity index (χ0) is 9.84. The molecule has 1 atom stereocenters. The Bertz CT molecular complexity index is 189. The van der Waals surface area contributed by atoms with E-state index in [0.29, 0.717) is 18.0 Å². The normalized spacial score (nSPS) is 19.0. The highest BCUT2D eigenvalue weighted by Gasteiger charge is 2.21. The fourth-order valence-corrected chi connectivity index (χ4v) is 0.876. The monoisotopic (exact) mass is 312 g/mol. The van der Waals surface area contributed by atoms with E-state index in [2.05, 4.69) is 22.1 Å². The molecule has 5 heteroatoms. The molecule has 1 unspecified atom stereocenters. The van der Waals surface area contributed by atoms with Gasteiger partial charge in [0.05, 0.1) is 6.54 Å². The summed E-state index contributed by atoms with van der Waals surface area (Å²) in [5.74, 6) is 0.594. The third-order valence-electron chi connectivity index (χ3n) is 2.34. The fraction of sp³-hybridized carbons (Fsp3) is 0.889. The number of rotatable bonds is 4. The van der Waals surface area contributed by atoms with Gasteiger partial charge < -0.3 is 16.0 Å². The molecule has 0 saturated heterocycles. The van der Waals surface area contributed by atoms with E-state index >= 15 is 0 Å². The van der Waals surface area contributed by atoms with Crippen molar-refractivity contribution in [2.45, 2.75) is 31.8 Å². The van der Waals surface area contributed by atoms with Crippen LogP contribution in [0.2, 0.25) is 0 Å². The summed E-state index contributed by atoms with van der Waals surface area (Å²) in [5.41, 5.74) is 5.68. The van der Waals surface area contributed by atoms with Crippen LogP contribution in [0.4, 0.5) is 0 Å². The summed E-state index contributed by atoms with van der Waals surface area (Å²) in [7, 11) is 4.09. The highest BCUT2D eigenvalue weighted by Crippen LogP contribution is 2.17. The van der Waals surface area contributed by atoms with Crippen LogP contribution >= 0.6 is 24.0 Å². The summed E-state index contributed by atoms with van der Waals surface area (Å²) in [6.45, 7) is 2.90. The maximum absolute atomic E-state index is 5.68. The van der Waals surface area contributed by atoms with Gasteiger partial charge >= 0.3 is 0 Å². The Labute approximate surface area is 103 Å². The molecule has 1 rings (SSSR count). The van der Waals surface area contributed by atoms with Crippen molar-refractivity contribution in [3.05, 3.63) is 0 Å². The first-order valence-electron chi connectivity index (χ1n) is 4.82. The topological polar surface area (TPSA) is 53.6 Å². The third kappa shape index (κ3) is 5.64. The molecule has 0 heterocycles. The lowest BCUT2D eigenvalue weighted by atomic mass is 10.3. The number of likely N-dealkylation sites (N-methyl/N-ethyl adjacent to an activating group) is 1. The van der Waals surface area contributed by atoms with Crippen LogP contribution < -0.4 is 11.1 Å². The molecule has 0 aromatic rings.